The average molecular weight is 318 g/mol. The summed E-state index contributed by atoms with van der Waals surface area (Å²) in [7, 11) is 0. The first-order valence-electron chi connectivity index (χ1n) is 8.63. The molecule has 4 nitrogen and oxygen atoms in total. The number of pyridine rings is 2. The van der Waals surface area contributed by atoms with Crippen molar-refractivity contribution in [2.45, 2.75) is 12.5 Å². The number of aromatic nitrogens is 2. The Labute approximate surface area is 142 Å². The molecule has 1 atom stereocenters. The van der Waals surface area contributed by atoms with E-state index in [2.05, 4.69) is 56.6 Å². The molecule has 1 fully saturated rings. The normalized spacial score (nSPS) is 17.5. The minimum atomic E-state index is 0.166. The van der Waals surface area contributed by atoms with Crippen LogP contribution in [0.3, 0.4) is 0 Å². The van der Waals surface area contributed by atoms with Gasteiger partial charge in [0.15, 0.2) is 0 Å². The first-order chi connectivity index (χ1) is 11.9. The Bertz CT molecular complexity index is 790. The van der Waals surface area contributed by atoms with Crippen molar-refractivity contribution in [1.29, 1.82) is 0 Å². The van der Waals surface area contributed by atoms with Gasteiger partial charge in [-0.05, 0) is 42.8 Å². The van der Waals surface area contributed by atoms with Crippen molar-refractivity contribution in [2.75, 3.05) is 26.2 Å². The summed E-state index contributed by atoms with van der Waals surface area (Å²) in [5.74, 6) is 0. The van der Waals surface area contributed by atoms with Crippen molar-refractivity contribution in [3.05, 3.63) is 72.2 Å². The zero-order valence-electron chi connectivity index (χ0n) is 13.7. The maximum Gasteiger partial charge on any atom is 0.0784 e. The van der Waals surface area contributed by atoms with E-state index in [1.807, 2.05) is 24.5 Å². The number of nitrogens with one attached hydrogen (secondary N) is 1. The van der Waals surface area contributed by atoms with Crippen LogP contribution in [0, 0.1) is 0 Å². The van der Waals surface area contributed by atoms with Crippen LogP contribution in [0.2, 0.25) is 0 Å². The van der Waals surface area contributed by atoms with Crippen molar-refractivity contribution in [3.8, 4) is 0 Å². The molecule has 3 aromatic rings. The number of hydrogen-bond donors (Lipinski definition) is 1. The number of benzene rings is 1. The van der Waals surface area contributed by atoms with Gasteiger partial charge in [-0.1, -0.05) is 24.3 Å². The van der Waals surface area contributed by atoms with Crippen LogP contribution in [-0.4, -0.2) is 41.0 Å². The molecule has 0 aliphatic carbocycles. The third-order valence-electron chi connectivity index (χ3n) is 4.69. The predicted molar refractivity (Wildman–Crippen MR) is 96.9 cm³/mol. The van der Waals surface area contributed by atoms with E-state index in [0.717, 1.165) is 43.8 Å². The first-order valence-corrected chi connectivity index (χ1v) is 8.63. The fraction of sp³-hybridized carbons (Fsp3) is 0.300. The summed E-state index contributed by atoms with van der Waals surface area (Å²) in [6, 6.07) is 16.9. The maximum atomic E-state index is 4.69. The van der Waals surface area contributed by atoms with Gasteiger partial charge in [0, 0.05) is 37.4 Å². The predicted octanol–water partition coefficient (Wildman–Crippen LogP) is 3.01. The second-order valence-corrected chi connectivity index (χ2v) is 6.21. The van der Waals surface area contributed by atoms with Gasteiger partial charge in [0.1, 0.15) is 0 Å². The number of fused-ring (bicyclic) bond motifs is 1. The van der Waals surface area contributed by atoms with Crippen molar-refractivity contribution < 1.29 is 0 Å². The van der Waals surface area contributed by atoms with E-state index in [-0.39, 0.29) is 6.04 Å². The summed E-state index contributed by atoms with van der Waals surface area (Å²) in [6.07, 6.45) is 4.97. The van der Waals surface area contributed by atoms with Crippen LogP contribution in [0.1, 0.15) is 23.7 Å². The molecule has 24 heavy (non-hydrogen) atoms. The van der Waals surface area contributed by atoms with Crippen LogP contribution in [0.4, 0.5) is 0 Å². The van der Waals surface area contributed by atoms with Crippen molar-refractivity contribution in [2.24, 2.45) is 0 Å². The molecule has 1 aromatic carbocycles. The van der Waals surface area contributed by atoms with Crippen LogP contribution >= 0.6 is 0 Å². The molecule has 2 aromatic heterocycles. The standard InChI is InChI=1S/C20H22N4/c1-2-7-18-16(6-1)17(9-12-23-18)20(19-8-3-4-11-22-19)24-14-5-10-21-13-15-24/h1-4,6-9,11-12,20-21H,5,10,13-15H2. The van der Waals surface area contributed by atoms with Gasteiger partial charge in [-0.15, -0.1) is 0 Å². The highest BCUT2D eigenvalue weighted by atomic mass is 15.2. The molecule has 1 saturated heterocycles. The number of para-hydroxylation sites is 1. The zero-order chi connectivity index (χ0) is 16.2. The van der Waals surface area contributed by atoms with Gasteiger partial charge >= 0.3 is 0 Å². The van der Waals surface area contributed by atoms with Crippen LogP contribution in [0.25, 0.3) is 10.9 Å². The van der Waals surface area contributed by atoms with Gasteiger partial charge in [-0.2, -0.15) is 0 Å². The maximum absolute atomic E-state index is 4.69. The minimum absolute atomic E-state index is 0.166. The minimum Gasteiger partial charge on any atom is -0.315 e. The summed E-state index contributed by atoms with van der Waals surface area (Å²) < 4.78 is 0. The number of hydrogen-bond acceptors (Lipinski definition) is 4. The van der Waals surface area contributed by atoms with E-state index in [9.17, 15) is 0 Å². The lowest BCUT2D eigenvalue weighted by Gasteiger charge is -2.31. The topological polar surface area (TPSA) is 41.1 Å². The van der Waals surface area contributed by atoms with Crippen LogP contribution in [0.15, 0.2) is 60.9 Å². The van der Waals surface area contributed by atoms with E-state index in [0.29, 0.717) is 0 Å². The van der Waals surface area contributed by atoms with Crippen molar-refractivity contribution in [3.63, 3.8) is 0 Å². The van der Waals surface area contributed by atoms with Crippen LogP contribution < -0.4 is 5.32 Å². The molecular weight excluding hydrogens is 296 g/mol. The summed E-state index contributed by atoms with van der Waals surface area (Å²) in [5, 5.41) is 4.71. The van der Waals surface area contributed by atoms with E-state index in [1.54, 1.807) is 0 Å². The fourth-order valence-electron chi connectivity index (χ4n) is 3.56. The number of rotatable bonds is 3. The smallest absolute Gasteiger partial charge is 0.0784 e. The SMILES string of the molecule is c1ccc(C(c2ccnc3ccccc23)N2CCCNCC2)nc1. The highest BCUT2D eigenvalue weighted by molar-refractivity contribution is 5.82. The Morgan fingerprint density at radius 3 is 2.71 bits per heavy atom. The molecule has 1 unspecified atom stereocenters. The summed E-state index contributed by atoms with van der Waals surface area (Å²) in [4.78, 5) is 11.8. The molecule has 0 amide bonds. The molecule has 1 aliphatic rings. The van der Waals surface area contributed by atoms with E-state index in [1.165, 1.54) is 10.9 Å². The highest BCUT2D eigenvalue weighted by Gasteiger charge is 2.25. The second-order valence-electron chi connectivity index (χ2n) is 6.21. The summed E-state index contributed by atoms with van der Waals surface area (Å²) in [6.45, 7) is 4.21. The van der Waals surface area contributed by atoms with E-state index < -0.39 is 0 Å². The third kappa shape index (κ3) is 3.03. The Morgan fingerprint density at radius 1 is 0.875 bits per heavy atom. The Morgan fingerprint density at radius 2 is 1.79 bits per heavy atom. The second kappa shape index (κ2) is 7.07. The highest BCUT2D eigenvalue weighted by Crippen LogP contribution is 2.32. The first kappa shape index (κ1) is 15.2. The Balaban J connectivity index is 1.85. The van der Waals surface area contributed by atoms with Gasteiger partial charge < -0.3 is 5.32 Å². The number of nitrogens with zero attached hydrogens (tertiary/aromatic N) is 3. The van der Waals surface area contributed by atoms with Gasteiger partial charge in [0.2, 0.25) is 0 Å². The summed E-state index contributed by atoms with van der Waals surface area (Å²) in [5.41, 5.74) is 3.45. The Kier molecular flexibility index (Phi) is 4.49. The van der Waals surface area contributed by atoms with Gasteiger partial charge in [-0.3, -0.25) is 14.9 Å². The lowest BCUT2D eigenvalue weighted by molar-refractivity contribution is 0.238. The molecule has 0 spiro atoms. The molecule has 4 rings (SSSR count). The zero-order valence-corrected chi connectivity index (χ0v) is 13.7. The molecule has 1 N–H and O–H groups in total. The molecule has 3 heterocycles. The molecule has 0 saturated carbocycles. The fourth-order valence-corrected chi connectivity index (χ4v) is 3.56. The van der Waals surface area contributed by atoms with Gasteiger partial charge in [0.25, 0.3) is 0 Å². The Hall–Kier alpha value is -2.30. The molecule has 1 aliphatic heterocycles. The van der Waals surface area contributed by atoms with E-state index in [4.69, 9.17) is 0 Å². The third-order valence-corrected chi connectivity index (χ3v) is 4.69. The molecule has 4 heteroatoms. The van der Waals surface area contributed by atoms with Crippen LogP contribution in [0.5, 0.6) is 0 Å². The largest absolute Gasteiger partial charge is 0.315 e. The lowest BCUT2D eigenvalue weighted by Crippen LogP contribution is -2.33. The van der Waals surface area contributed by atoms with Gasteiger partial charge in [0.05, 0.1) is 17.3 Å². The summed E-state index contributed by atoms with van der Waals surface area (Å²) >= 11 is 0. The lowest BCUT2D eigenvalue weighted by atomic mass is 9.97. The molecule has 0 bridgehead atoms. The molecule has 122 valence electrons. The molecular formula is C20H22N4. The molecule has 0 radical (unpaired) electrons. The van der Waals surface area contributed by atoms with E-state index >= 15 is 0 Å². The quantitative estimate of drug-likeness (QED) is 0.806. The monoisotopic (exact) mass is 318 g/mol. The van der Waals surface area contributed by atoms with Crippen LogP contribution in [-0.2, 0) is 0 Å². The van der Waals surface area contributed by atoms with Gasteiger partial charge in [-0.25, -0.2) is 0 Å². The van der Waals surface area contributed by atoms with Crippen molar-refractivity contribution in [1.82, 2.24) is 20.2 Å². The van der Waals surface area contributed by atoms with Crippen molar-refractivity contribution >= 4 is 10.9 Å². The average Bonchev–Trinajstić information content (AvgIpc) is 2.93.